The molecule has 1 rings (SSSR count). The minimum Gasteiger partial charge on any atom is -0.497 e. The normalized spacial score (nSPS) is 19.4. The predicted octanol–water partition coefficient (Wildman–Crippen LogP) is 1.63. The first-order chi connectivity index (χ1) is 8.78. The first kappa shape index (κ1) is 15.8. The summed E-state index contributed by atoms with van der Waals surface area (Å²) in [6, 6.07) is 0. The van der Waals surface area contributed by atoms with Crippen LogP contribution < -0.4 is 0 Å². The van der Waals surface area contributed by atoms with Gasteiger partial charge >= 0.3 is 6.18 Å². The molecule has 0 unspecified atom stereocenters. The molecule has 0 aromatic heterocycles. The van der Waals surface area contributed by atoms with Gasteiger partial charge in [-0.05, 0) is 18.9 Å². The third-order valence-corrected chi connectivity index (χ3v) is 2.74. The maximum atomic E-state index is 12.5. The lowest BCUT2D eigenvalue weighted by molar-refractivity contribution is -0.153. The van der Waals surface area contributed by atoms with Gasteiger partial charge in [-0.3, -0.25) is 9.69 Å². The molecule has 0 aromatic rings. The molecule has 0 spiro atoms. The molecule has 7 heteroatoms. The van der Waals surface area contributed by atoms with Crippen LogP contribution in [-0.4, -0.2) is 61.7 Å². The van der Waals surface area contributed by atoms with Gasteiger partial charge in [0.15, 0.2) is 0 Å². The van der Waals surface area contributed by atoms with Crippen molar-refractivity contribution in [2.24, 2.45) is 0 Å². The number of hydrogen-bond donors (Lipinski definition) is 0. The molecule has 110 valence electrons. The third kappa shape index (κ3) is 6.47. The Morgan fingerprint density at radius 3 is 2.58 bits per heavy atom. The zero-order valence-electron chi connectivity index (χ0n) is 11.1. The fourth-order valence-corrected chi connectivity index (χ4v) is 1.78. The van der Waals surface area contributed by atoms with Crippen LogP contribution in [0.3, 0.4) is 0 Å². The second kappa shape index (κ2) is 6.79. The Balaban J connectivity index is 2.57. The second-order valence-electron chi connectivity index (χ2n) is 4.78. The molecule has 1 heterocycles. The van der Waals surface area contributed by atoms with Gasteiger partial charge in [-0.2, -0.15) is 13.2 Å². The summed E-state index contributed by atoms with van der Waals surface area (Å²) >= 11 is 0. The molecule has 0 aromatic carbocycles. The maximum absolute atomic E-state index is 12.5. The highest BCUT2D eigenvalue weighted by Gasteiger charge is 2.33. The van der Waals surface area contributed by atoms with Crippen molar-refractivity contribution in [3.8, 4) is 0 Å². The summed E-state index contributed by atoms with van der Waals surface area (Å²) in [4.78, 5) is 13.9. The molecule has 0 aliphatic carbocycles. The number of allylic oxidation sites excluding steroid dienone is 1. The average molecular weight is 280 g/mol. The van der Waals surface area contributed by atoms with Crippen molar-refractivity contribution in [2.75, 3.05) is 33.7 Å². The average Bonchev–Trinajstić information content (AvgIpc) is 2.27. The van der Waals surface area contributed by atoms with E-state index in [4.69, 9.17) is 4.74 Å². The van der Waals surface area contributed by atoms with Crippen LogP contribution in [0, 0.1) is 0 Å². The molecule has 0 fully saturated rings. The SMILES string of the molecule is CN(C)C(=O)CN(C[C@H]1CCC=CO1)CC(F)(F)F. The number of halogens is 3. The van der Waals surface area contributed by atoms with Crippen LogP contribution in [0.5, 0.6) is 0 Å². The summed E-state index contributed by atoms with van der Waals surface area (Å²) in [5.74, 6) is -0.351. The molecule has 1 aliphatic heterocycles. The summed E-state index contributed by atoms with van der Waals surface area (Å²) in [5.41, 5.74) is 0. The van der Waals surface area contributed by atoms with E-state index in [1.165, 1.54) is 25.3 Å². The summed E-state index contributed by atoms with van der Waals surface area (Å²) in [7, 11) is 3.04. The van der Waals surface area contributed by atoms with Crippen molar-refractivity contribution in [2.45, 2.75) is 25.1 Å². The fraction of sp³-hybridized carbons (Fsp3) is 0.750. The highest BCUT2D eigenvalue weighted by Crippen LogP contribution is 2.18. The maximum Gasteiger partial charge on any atom is 0.401 e. The molecular weight excluding hydrogens is 261 g/mol. The number of likely N-dealkylation sites (N-methyl/N-ethyl adjacent to an activating group) is 1. The van der Waals surface area contributed by atoms with Gasteiger partial charge in [0.05, 0.1) is 19.4 Å². The molecule has 0 N–H and O–H groups in total. The van der Waals surface area contributed by atoms with Crippen molar-refractivity contribution in [3.05, 3.63) is 12.3 Å². The standard InChI is InChI=1S/C12H19F3N2O2/c1-16(2)11(18)8-17(9-12(13,14)15)7-10-5-3-4-6-19-10/h4,6,10H,3,5,7-9H2,1-2H3/t10-/m1/s1. The largest absolute Gasteiger partial charge is 0.497 e. The number of rotatable bonds is 5. The molecule has 0 saturated heterocycles. The summed E-state index contributed by atoms with van der Waals surface area (Å²) in [6.07, 6.45) is 0.176. The molecule has 0 radical (unpaired) electrons. The van der Waals surface area contributed by atoms with Gasteiger partial charge in [0, 0.05) is 20.6 Å². The van der Waals surface area contributed by atoms with Gasteiger partial charge in [0.1, 0.15) is 6.10 Å². The van der Waals surface area contributed by atoms with E-state index in [-0.39, 0.29) is 25.1 Å². The van der Waals surface area contributed by atoms with E-state index >= 15 is 0 Å². The number of carbonyl (C=O) groups excluding carboxylic acids is 1. The van der Waals surface area contributed by atoms with Crippen molar-refractivity contribution in [1.29, 1.82) is 0 Å². The highest BCUT2D eigenvalue weighted by atomic mass is 19.4. The molecular formula is C12H19F3N2O2. The number of carbonyl (C=O) groups is 1. The van der Waals surface area contributed by atoms with Gasteiger partial charge in [-0.15, -0.1) is 0 Å². The topological polar surface area (TPSA) is 32.8 Å². The van der Waals surface area contributed by atoms with Crippen molar-refractivity contribution in [1.82, 2.24) is 9.80 Å². The molecule has 4 nitrogen and oxygen atoms in total. The monoisotopic (exact) mass is 280 g/mol. The quantitative estimate of drug-likeness (QED) is 0.767. The zero-order chi connectivity index (χ0) is 14.5. The number of hydrogen-bond acceptors (Lipinski definition) is 3. The van der Waals surface area contributed by atoms with Crippen LogP contribution in [0.1, 0.15) is 12.8 Å². The van der Waals surface area contributed by atoms with E-state index < -0.39 is 12.7 Å². The van der Waals surface area contributed by atoms with Gasteiger partial charge < -0.3 is 9.64 Å². The molecule has 19 heavy (non-hydrogen) atoms. The minimum absolute atomic E-state index is 0.101. The summed E-state index contributed by atoms with van der Waals surface area (Å²) in [6.45, 7) is -1.25. The first-order valence-electron chi connectivity index (χ1n) is 6.07. The Kier molecular flexibility index (Phi) is 5.65. The third-order valence-electron chi connectivity index (χ3n) is 2.74. The van der Waals surface area contributed by atoms with Crippen LogP contribution in [0.25, 0.3) is 0 Å². The smallest absolute Gasteiger partial charge is 0.401 e. The van der Waals surface area contributed by atoms with Crippen molar-refractivity contribution < 1.29 is 22.7 Å². The molecule has 1 atom stereocenters. The molecule has 0 saturated carbocycles. The van der Waals surface area contributed by atoms with Crippen molar-refractivity contribution >= 4 is 5.91 Å². The zero-order valence-corrected chi connectivity index (χ0v) is 11.1. The summed E-state index contributed by atoms with van der Waals surface area (Å²) < 4.78 is 42.7. The Morgan fingerprint density at radius 2 is 2.11 bits per heavy atom. The Bertz CT molecular complexity index is 329. The van der Waals surface area contributed by atoms with Gasteiger partial charge in [-0.25, -0.2) is 0 Å². The second-order valence-corrected chi connectivity index (χ2v) is 4.78. The first-order valence-corrected chi connectivity index (χ1v) is 6.07. The van der Waals surface area contributed by atoms with E-state index in [0.29, 0.717) is 6.42 Å². The van der Waals surface area contributed by atoms with E-state index in [1.807, 2.05) is 6.08 Å². The lowest BCUT2D eigenvalue weighted by atomic mass is 10.1. The fourth-order valence-electron chi connectivity index (χ4n) is 1.78. The number of amides is 1. The van der Waals surface area contributed by atoms with Gasteiger partial charge in [-0.1, -0.05) is 0 Å². The van der Waals surface area contributed by atoms with Crippen LogP contribution in [0.15, 0.2) is 12.3 Å². The van der Waals surface area contributed by atoms with E-state index in [0.717, 1.165) is 11.3 Å². The highest BCUT2D eigenvalue weighted by molar-refractivity contribution is 5.77. The van der Waals surface area contributed by atoms with E-state index in [9.17, 15) is 18.0 Å². The summed E-state index contributed by atoms with van der Waals surface area (Å²) in [5, 5.41) is 0. The number of nitrogens with zero attached hydrogens (tertiary/aromatic N) is 2. The van der Waals surface area contributed by atoms with E-state index in [2.05, 4.69) is 0 Å². The molecule has 1 amide bonds. The minimum atomic E-state index is -4.32. The van der Waals surface area contributed by atoms with Gasteiger partial charge in [0.25, 0.3) is 0 Å². The van der Waals surface area contributed by atoms with Crippen LogP contribution in [-0.2, 0) is 9.53 Å². The molecule has 0 bridgehead atoms. The lowest BCUT2D eigenvalue weighted by Gasteiger charge is -2.29. The molecule has 1 aliphatic rings. The van der Waals surface area contributed by atoms with Crippen LogP contribution in [0.4, 0.5) is 13.2 Å². The van der Waals surface area contributed by atoms with Gasteiger partial charge in [0.2, 0.25) is 5.91 Å². The number of alkyl halides is 3. The van der Waals surface area contributed by atoms with E-state index in [1.54, 1.807) is 0 Å². The Hall–Kier alpha value is -1.24. The van der Waals surface area contributed by atoms with Crippen molar-refractivity contribution in [3.63, 3.8) is 0 Å². The van der Waals surface area contributed by atoms with Crippen LogP contribution >= 0.6 is 0 Å². The Morgan fingerprint density at radius 1 is 1.42 bits per heavy atom. The van der Waals surface area contributed by atoms with Crippen LogP contribution in [0.2, 0.25) is 0 Å². The predicted molar refractivity (Wildman–Crippen MR) is 64.4 cm³/mol. The Labute approximate surface area is 110 Å². The lowest BCUT2D eigenvalue weighted by Crippen LogP contribution is -2.45. The number of ether oxygens (including phenoxy) is 1.